The second kappa shape index (κ2) is 5.03. The van der Waals surface area contributed by atoms with Crippen LogP contribution in [0.2, 0.25) is 0 Å². The molecule has 9 heteroatoms. The molecule has 0 spiro atoms. The normalized spacial score (nSPS) is 13.4. The monoisotopic (exact) mass is 245 g/mol. The molecule has 4 N–H and O–H groups in total. The summed E-state index contributed by atoms with van der Waals surface area (Å²) in [5.41, 5.74) is 0. The molecule has 0 aliphatic carbocycles. The Bertz CT molecular complexity index is 324. The fourth-order valence-electron chi connectivity index (χ4n) is 0.678. The molecular formula is C5H15N3O4S2. The number of sulfonamides is 2. The molecule has 7 nitrogen and oxygen atoms in total. The second-order valence-electron chi connectivity index (χ2n) is 3.04. The fraction of sp³-hybridized carbons (Fsp3) is 1.00. The van der Waals surface area contributed by atoms with Crippen molar-refractivity contribution >= 4 is 20.0 Å². The molecule has 0 aromatic heterocycles. The highest BCUT2D eigenvalue weighted by Crippen LogP contribution is 1.87. The van der Waals surface area contributed by atoms with Gasteiger partial charge < -0.3 is 4.90 Å². The molecule has 0 bridgehead atoms. The Hall–Kier alpha value is -0.220. The highest BCUT2D eigenvalue weighted by atomic mass is 32.2. The number of hydrogen-bond acceptors (Lipinski definition) is 5. The van der Waals surface area contributed by atoms with Crippen LogP contribution in [0, 0.1) is 0 Å². The van der Waals surface area contributed by atoms with Crippen molar-refractivity contribution in [2.75, 3.05) is 31.6 Å². The predicted octanol–water partition coefficient (Wildman–Crippen LogP) is -2.50. The molecule has 0 saturated carbocycles. The van der Waals surface area contributed by atoms with E-state index in [2.05, 4.69) is 0 Å². The zero-order chi connectivity index (χ0) is 11.4. The summed E-state index contributed by atoms with van der Waals surface area (Å²) in [4.78, 5) is 1.54. The maximum Gasteiger partial charge on any atom is 0.210 e. The highest BCUT2D eigenvalue weighted by Gasteiger charge is 2.08. The standard InChI is InChI=1S/C5H15N3O4S2/c1-8(2-4-13(6,9)10)3-5-14(7,11)12/h2-5H2,1H3,(H2,6,9,10)(H2,7,11,12). The molecule has 0 aromatic carbocycles. The van der Waals surface area contributed by atoms with E-state index in [1.807, 2.05) is 0 Å². The molecule has 0 atom stereocenters. The lowest BCUT2D eigenvalue weighted by Gasteiger charge is -2.14. The third-order valence-electron chi connectivity index (χ3n) is 1.52. The van der Waals surface area contributed by atoms with E-state index in [1.165, 1.54) is 4.90 Å². The number of nitrogens with zero attached hydrogens (tertiary/aromatic N) is 1. The first kappa shape index (κ1) is 13.8. The summed E-state index contributed by atoms with van der Waals surface area (Å²) in [6.07, 6.45) is 0. The Morgan fingerprint density at radius 3 is 1.43 bits per heavy atom. The van der Waals surface area contributed by atoms with Gasteiger partial charge in [0.15, 0.2) is 0 Å². The van der Waals surface area contributed by atoms with Gasteiger partial charge in [0.25, 0.3) is 0 Å². The van der Waals surface area contributed by atoms with Crippen molar-refractivity contribution < 1.29 is 16.8 Å². The average molecular weight is 245 g/mol. The molecule has 0 saturated heterocycles. The van der Waals surface area contributed by atoms with E-state index >= 15 is 0 Å². The van der Waals surface area contributed by atoms with Gasteiger partial charge in [-0.05, 0) is 7.05 Å². The predicted molar refractivity (Wildman–Crippen MR) is 53.4 cm³/mol. The Kier molecular flexibility index (Phi) is 4.95. The van der Waals surface area contributed by atoms with Gasteiger partial charge in [-0.25, -0.2) is 27.1 Å². The number of primary sulfonamides is 2. The van der Waals surface area contributed by atoms with Crippen LogP contribution in [-0.2, 0) is 20.0 Å². The molecule has 0 heterocycles. The van der Waals surface area contributed by atoms with Gasteiger partial charge in [0.2, 0.25) is 20.0 Å². The third-order valence-corrected chi connectivity index (χ3v) is 3.02. The van der Waals surface area contributed by atoms with Gasteiger partial charge in [-0.3, -0.25) is 0 Å². The first-order valence-corrected chi connectivity index (χ1v) is 7.23. The quantitative estimate of drug-likeness (QED) is 0.535. The van der Waals surface area contributed by atoms with Crippen LogP contribution >= 0.6 is 0 Å². The molecule has 86 valence electrons. The van der Waals surface area contributed by atoms with Gasteiger partial charge in [-0.15, -0.1) is 0 Å². The molecule has 0 aliphatic rings. The van der Waals surface area contributed by atoms with E-state index < -0.39 is 20.0 Å². The Morgan fingerprint density at radius 1 is 0.929 bits per heavy atom. The number of rotatable bonds is 6. The molecule has 0 fully saturated rings. The zero-order valence-corrected chi connectivity index (χ0v) is 9.51. The van der Waals surface area contributed by atoms with Crippen molar-refractivity contribution in [3.05, 3.63) is 0 Å². The zero-order valence-electron chi connectivity index (χ0n) is 7.88. The second-order valence-corrected chi connectivity index (χ2v) is 6.51. The Labute approximate surface area is 84.2 Å². The smallest absolute Gasteiger partial charge is 0.210 e. The van der Waals surface area contributed by atoms with Gasteiger partial charge in [0.1, 0.15) is 0 Å². The summed E-state index contributed by atoms with van der Waals surface area (Å²) >= 11 is 0. The van der Waals surface area contributed by atoms with Gasteiger partial charge in [-0.2, -0.15) is 0 Å². The van der Waals surface area contributed by atoms with E-state index in [0.717, 1.165) is 0 Å². The van der Waals surface area contributed by atoms with Crippen molar-refractivity contribution in [2.45, 2.75) is 0 Å². The molecule has 14 heavy (non-hydrogen) atoms. The van der Waals surface area contributed by atoms with Crippen molar-refractivity contribution in [3.8, 4) is 0 Å². The van der Waals surface area contributed by atoms with E-state index in [0.29, 0.717) is 0 Å². The van der Waals surface area contributed by atoms with E-state index in [9.17, 15) is 16.8 Å². The molecule has 0 unspecified atom stereocenters. The van der Waals surface area contributed by atoms with Crippen LogP contribution in [0.25, 0.3) is 0 Å². The van der Waals surface area contributed by atoms with Crippen molar-refractivity contribution in [2.24, 2.45) is 10.3 Å². The van der Waals surface area contributed by atoms with E-state index in [-0.39, 0.29) is 24.6 Å². The van der Waals surface area contributed by atoms with Crippen molar-refractivity contribution in [3.63, 3.8) is 0 Å². The summed E-state index contributed by atoms with van der Waals surface area (Å²) in [6.45, 7) is 0.378. The van der Waals surface area contributed by atoms with Gasteiger partial charge in [0, 0.05) is 13.1 Å². The Balaban J connectivity index is 3.84. The van der Waals surface area contributed by atoms with Gasteiger partial charge in [0.05, 0.1) is 11.5 Å². The number of hydrogen-bond donors (Lipinski definition) is 2. The fourth-order valence-corrected chi connectivity index (χ4v) is 1.81. The number of nitrogens with two attached hydrogens (primary N) is 2. The maximum atomic E-state index is 10.5. The molecule has 0 amide bonds. The summed E-state index contributed by atoms with van der Waals surface area (Å²) in [7, 11) is -5.40. The van der Waals surface area contributed by atoms with Crippen LogP contribution in [0.4, 0.5) is 0 Å². The molecule has 0 radical (unpaired) electrons. The van der Waals surface area contributed by atoms with Crippen LogP contribution in [0.1, 0.15) is 0 Å². The van der Waals surface area contributed by atoms with Gasteiger partial charge in [-0.1, -0.05) is 0 Å². The van der Waals surface area contributed by atoms with E-state index in [4.69, 9.17) is 10.3 Å². The van der Waals surface area contributed by atoms with E-state index in [1.54, 1.807) is 7.05 Å². The molecule has 0 aliphatic heterocycles. The summed E-state index contributed by atoms with van der Waals surface area (Å²) in [5.74, 6) is -0.401. The van der Waals surface area contributed by atoms with Crippen LogP contribution in [0.15, 0.2) is 0 Å². The summed E-state index contributed by atoms with van der Waals surface area (Å²) in [5, 5.41) is 9.54. The first-order valence-electron chi connectivity index (χ1n) is 3.80. The van der Waals surface area contributed by atoms with Crippen LogP contribution in [0.3, 0.4) is 0 Å². The topological polar surface area (TPSA) is 124 Å². The van der Waals surface area contributed by atoms with Crippen LogP contribution in [0.5, 0.6) is 0 Å². The van der Waals surface area contributed by atoms with Crippen molar-refractivity contribution in [1.82, 2.24) is 4.90 Å². The average Bonchev–Trinajstić information content (AvgIpc) is 1.94. The molecular weight excluding hydrogens is 230 g/mol. The lowest BCUT2D eigenvalue weighted by atomic mass is 10.6. The van der Waals surface area contributed by atoms with Crippen LogP contribution < -0.4 is 10.3 Å². The summed E-state index contributed by atoms with van der Waals surface area (Å²) < 4.78 is 42.2. The molecule has 0 aromatic rings. The van der Waals surface area contributed by atoms with Gasteiger partial charge >= 0.3 is 0 Å². The minimum atomic E-state index is -3.50. The largest absolute Gasteiger partial charge is 0.304 e. The SMILES string of the molecule is CN(CCS(N)(=O)=O)CCS(N)(=O)=O. The highest BCUT2D eigenvalue weighted by molar-refractivity contribution is 7.89. The Morgan fingerprint density at radius 2 is 1.21 bits per heavy atom. The minimum Gasteiger partial charge on any atom is -0.304 e. The molecule has 0 rings (SSSR count). The lowest BCUT2D eigenvalue weighted by molar-refractivity contribution is 0.373. The third kappa shape index (κ3) is 9.86. The first-order chi connectivity index (χ1) is 6.10. The minimum absolute atomic E-state index is 0.189. The van der Waals surface area contributed by atoms with Crippen LogP contribution in [-0.4, -0.2) is 53.4 Å². The van der Waals surface area contributed by atoms with Crippen molar-refractivity contribution in [1.29, 1.82) is 0 Å². The maximum absolute atomic E-state index is 10.5. The summed E-state index contributed by atoms with van der Waals surface area (Å²) in [6, 6.07) is 0. The lowest BCUT2D eigenvalue weighted by Crippen LogP contribution is -2.33.